The number of hydrogen-bond donors (Lipinski definition) is 0. The quantitative estimate of drug-likeness (QED) is 0.740. The second-order valence-electron chi connectivity index (χ2n) is 5.31. The zero-order valence-electron chi connectivity index (χ0n) is 10.8. The Labute approximate surface area is 128 Å². The molecule has 0 bridgehead atoms. The molecule has 19 heavy (non-hydrogen) atoms. The van der Waals surface area contributed by atoms with Crippen LogP contribution in [0.4, 0.5) is 0 Å². The van der Waals surface area contributed by atoms with E-state index < -0.39 is 9.05 Å². The monoisotopic (exact) mass is 344 g/mol. The Kier molecular flexibility index (Phi) is 5.41. The summed E-state index contributed by atoms with van der Waals surface area (Å²) < 4.78 is 27.9. The minimum Gasteiger partial charge on any atom is -0.490 e. The van der Waals surface area contributed by atoms with E-state index in [1.165, 1.54) is 12.1 Å². The minimum atomic E-state index is -3.86. The van der Waals surface area contributed by atoms with Crippen molar-refractivity contribution in [2.24, 2.45) is 5.41 Å². The number of ether oxygens (including phenoxy) is 1. The molecular weight excluding hydrogens is 331 g/mol. The van der Waals surface area contributed by atoms with Crippen LogP contribution >= 0.6 is 33.9 Å². The highest BCUT2D eigenvalue weighted by Gasteiger charge is 2.18. The number of benzene rings is 1. The number of hydrogen-bond acceptors (Lipinski definition) is 3. The molecule has 1 aromatic rings. The van der Waals surface area contributed by atoms with Crippen molar-refractivity contribution in [2.75, 3.05) is 6.61 Å². The van der Waals surface area contributed by atoms with Crippen molar-refractivity contribution in [2.45, 2.75) is 32.1 Å². The van der Waals surface area contributed by atoms with Crippen LogP contribution in [0, 0.1) is 5.41 Å². The first-order valence-electron chi connectivity index (χ1n) is 5.57. The summed E-state index contributed by atoms with van der Waals surface area (Å²) in [4.78, 5) is -0.146. The Balaban J connectivity index is 2.93. The van der Waals surface area contributed by atoms with Gasteiger partial charge >= 0.3 is 0 Å². The maximum absolute atomic E-state index is 11.2. The van der Waals surface area contributed by atoms with E-state index in [0.717, 1.165) is 6.42 Å². The Bertz CT molecular complexity index is 539. The van der Waals surface area contributed by atoms with Gasteiger partial charge in [-0.2, -0.15) is 0 Å². The molecule has 0 saturated carbocycles. The van der Waals surface area contributed by atoms with Gasteiger partial charge in [0, 0.05) is 10.7 Å². The van der Waals surface area contributed by atoms with E-state index in [1.807, 2.05) is 0 Å². The first-order valence-corrected chi connectivity index (χ1v) is 8.64. The molecule has 108 valence electrons. The highest BCUT2D eigenvalue weighted by atomic mass is 35.7. The van der Waals surface area contributed by atoms with Gasteiger partial charge < -0.3 is 4.74 Å². The summed E-state index contributed by atoms with van der Waals surface area (Å²) in [6.07, 6.45) is 0.815. The van der Waals surface area contributed by atoms with Gasteiger partial charge in [0.1, 0.15) is 0 Å². The summed E-state index contributed by atoms with van der Waals surface area (Å²) in [5, 5.41) is 0.251. The summed E-state index contributed by atoms with van der Waals surface area (Å²) in [5.74, 6) is 0.275. The van der Waals surface area contributed by atoms with E-state index in [1.54, 1.807) is 0 Å². The van der Waals surface area contributed by atoms with Gasteiger partial charge in [-0.05, 0) is 24.0 Å². The van der Waals surface area contributed by atoms with Gasteiger partial charge in [-0.1, -0.05) is 44.0 Å². The Morgan fingerprint density at radius 3 is 2.00 bits per heavy atom. The van der Waals surface area contributed by atoms with Gasteiger partial charge in [0.15, 0.2) is 5.75 Å². The van der Waals surface area contributed by atoms with Crippen molar-refractivity contribution < 1.29 is 13.2 Å². The van der Waals surface area contributed by atoms with Crippen LogP contribution in [0.15, 0.2) is 17.0 Å². The molecule has 7 heteroatoms. The molecule has 1 rings (SSSR count). The normalized spacial score (nSPS) is 12.5. The van der Waals surface area contributed by atoms with Crippen molar-refractivity contribution in [3.05, 3.63) is 22.2 Å². The third-order valence-electron chi connectivity index (χ3n) is 2.35. The second-order valence-corrected chi connectivity index (χ2v) is 8.69. The summed E-state index contributed by atoms with van der Waals surface area (Å²) in [5.41, 5.74) is 0.123. The highest BCUT2D eigenvalue weighted by Crippen LogP contribution is 2.36. The van der Waals surface area contributed by atoms with Crippen LogP contribution in [-0.2, 0) is 9.05 Å². The molecular formula is C12H15Cl3O3S. The molecule has 0 aliphatic carbocycles. The Hall–Kier alpha value is -0.160. The fourth-order valence-electron chi connectivity index (χ4n) is 1.27. The molecule has 3 nitrogen and oxygen atoms in total. The van der Waals surface area contributed by atoms with Crippen molar-refractivity contribution in [3.8, 4) is 5.75 Å². The summed E-state index contributed by atoms with van der Waals surface area (Å²) >= 11 is 11.9. The molecule has 0 aromatic heterocycles. The average molecular weight is 346 g/mol. The van der Waals surface area contributed by atoms with Crippen molar-refractivity contribution in [1.82, 2.24) is 0 Å². The molecule has 0 spiro atoms. The Morgan fingerprint density at radius 1 is 1.16 bits per heavy atom. The molecule has 0 fully saturated rings. The van der Waals surface area contributed by atoms with Crippen LogP contribution in [-0.4, -0.2) is 15.0 Å². The zero-order chi connectivity index (χ0) is 14.8. The Morgan fingerprint density at radius 2 is 1.63 bits per heavy atom. The van der Waals surface area contributed by atoms with Gasteiger partial charge in [-0.3, -0.25) is 0 Å². The van der Waals surface area contributed by atoms with E-state index in [9.17, 15) is 8.42 Å². The van der Waals surface area contributed by atoms with E-state index in [-0.39, 0.29) is 26.1 Å². The van der Waals surface area contributed by atoms with Gasteiger partial charge in [0.2, 0.25) is 0 Å². The third kappa shape index (κ3) is 5.38. The van der Waals surface area contributed by atoms with Crippen LogP contribution in [0.25, 0.3) is 0 Å². The van der Waals surface area contributed by atoms with E-state index in [0.29, 0.717) is 6.61 Å². The molecule has 0 N–H and O–H groups in total. The van der Waals surface area contributed by atoms with Crippen molar-refractivity contribution in [1.29, 1.82) is 0 Å². The average Bonchev–Trinajstić information content (AvgIpc) is 2.18. The maximum atomic E-state index is 11.2. The second kappa shape index (κ2) is 6.08. The standard InChI is InChI=1S/C12H15Cl3O3S/c1-12(2,3)4-5-18-11-9(13)6-8(7-10(11)14)19(15,16)17/h6-7H,4-5H2,1-3H3. The lowest BCUT2D eigenvalue weighted by Crippen LogP contribution is -2.11. The van der Waals surface area contributed by atoms with Crippen LogP contribution in [0.3, 0.4) is 0 Å². The summed E-state index contributed by atoms with van der Waals surface area (Å²) in [6.45, 7) is 6.70. The minimum absolute atomic E-state index is 0.123. The lowest BCUT2D eigenvalue weighted by atomic mass is 9.93. The van der Waals surface area contributed by atoms with Crippen LogP contribution in [0.2, 0.25) is 10.0 Å². The number of rotatable bonds is 4. The maximum Gasteiger partial charge on any atom is 0.261 e. The van der Waals surface area contributed by atoms with Crippen molar-refractivity contribution in [3.63, 3.8) is 0 Å². The first-order chi connectivity index (χ1) is 8.50. The van der Waals surface area contributed by atoms with Crippen molar-refractivity contribution >= 4 is 42.9 Å². The lowest BCUT2D eigenvalue weighted by Gasteiger charge is -2.19. The lowest BCUT2D eigenvalue weighted by molar-refractivity contribution is 0.243. The molecule has 0 aliphatic heterocycles. The largest absolute Gasteiger partial charge is 0.490 e. The molecule has 0 radical (unpaired) electrons. The molecule has 0 atom stereocenters. The van der Waals surface area contributed by atoms with Gasteiger partial charge in [0.05, 0.1) is 21.5 Å². The van der Waals surface area contributed by atoms with E-state index in [2.05, 4.69) is 20.8 Å². The van der Waals surface area contributed by atoms with E-state index >= 15 is 0 Å². The topological polar surface area (TPSA) is 43.4 Å². The van der Waals surface area contributed by atoms with Gasteiger partial charge in [0.25, 0.3) is 9.05 Å². The zero-order valence-corrected chi connectivity index (χ0v) is 13.9. The number of halogens is 3. The SMILES string of the molecule is CC(C)(C)CCOc1c(Cl)cc(S(=O)(=O)Cl)cc1Cl. The summed E-state index contributed by atoms with van der Waals surface area (Å²) in [7, 11) is 1.37. The smallest absolute Gasteiger partial charge is 0.261 e. The molecule has 0 aliphatic rings. The highest BCUT2D eigenvalue weighted by molar-refractivity contribution is 8.13. The van der Waals surface area contributed by atoms with Crippen LogP contribution in [0.5, 0.6) is 5.75 Å². The predicted molar refractivity (Wildman–Crippen MR) is 79.1 cm³/mol. The fraction of sp³-hybridized carbons (Fsp3) is 0.500. The van der Waals surface area contributed by atoms with Gasteiger partial charge in [-0.25, -0.2) is 8.42 Å². The van der Waals surface area contributed by atoms with Gasteiger partial charge in [-0.15, -0.1) is 0 Å². The molecule has 0 unspecified atom stereocenters. The predicted octanol–water partition coefficient (Wildman–Crippen LogP) is 4.74. The first kappa shape index (κ1) is 16.9. The molecule has 0 amide bonds. The molecule has 0 saturated heterocycles. The van der Waals surface area contributed by atoms with E-state index in [4.69, 9.17) is 38.6 Å². The third-order valence-corrected chi connectivity index (χ3v) is 4.25. The molecule has 0 heterocycles. The molecule has 1 aromatic carbocycles. The van der Waals surface area contributed by atoms with Crippen LogP contribution < -0.4 is 4.74 Å². The fourth-order valence-corrected chi connectivity index (χ4v) is 2.78. The van der Waals surface area contributed by atoms with Crippen LogP contribution in [0.1, 0.15) is 27.2 Å². The summed E-state index contributed by atoms with van der Waals surface area (Å²) in [6, 6.07) is 2.45.